The second kappa shape index (κ2) is 7.42. The maximum Gasteiger partial charge on any atom is 0.275 e. The first kappa shape index (κ1) is 18.6. The Kier molecular flexibility index (Phi) is 4.59. The minimum atomic E-state index is -0.347. The van der Waals surface area contributed by atoms with Gasteiger partial charge >= 0.3 is 0 Å². The molecule has 1 aliphatic heterocycles. The van der Waals surface area contributed by atoms with Crippen LogP contribution in [0.25, 0.3) is 22.5 Å². The average molecular weight is 422 g/mol. The van der Waals surface area contributed by atoms with Gasteiger partial charge in [0.15, 0.2) is 0 Å². The van der Waals surface area contributed by atoms with E-state index in [0.29, 0.717) is 52.3 Å². The van der Waals surface area contributed by atoms with E-state index >= 15 is 0 Å². The lowest BCUT2D eigenvalue weighted by atomic mass is 10.0. The molecule has 5 rings (SSSR count). The largest absolute Gasteiger partial charge is 0.323 e. The van der Waals surface area contributed by atoms with Gasteiger partial charge in [0.05, 0.1) is 27.7 Å². The van der Waals surface area contributed by atoms with E-state index in [0.717, 1.165) is 6.42 Å². The van der Waals surface area contributed by atoms with Gasteiger partial charge in [-0.05, 0) is 42.3 Å². The van der Waals surface area contributed by atoms with Crippen LogP contribution in [-0.4, -0.2) is 19.3 Å². The monoisotopic (exact) mass is 421 g/mol. The van der Waals surface area contributed by atoms with E-state index in [-0.39, 0.29) is 11.4 Å². The highest BCUT2D eigenvalue weighted by atomic mass is 35.5. The molecule has 3 heterocycles. The molecule has 2 aromatic heterocycles. The first-order valence-electron chi connectivity index (χ1n) is 9.56. The summed E-state index contributed by atoms with van der Waals surface area (Å²) in [5, 5.41) is 3.68. The standard InChI is InChI=1S/C22H17ClFN5O/c23-16-4-1-2-5-17(16)26-22-25-11-10-18(27-22)20-19(14-6-8-15(24)9-7-14)21(30)29-13-3-12-28(20)29/h1-2,4-11H,3,12-13H2,(H,25,26,27). The van der Waals surface area contributed by atoms with Crippen molar-refractivity contribution in [3.05, 3.63) is 82.0 Å². The van der Waals surface area contributed by atoms with Crippen molar-refractivity contribution >= 4 is 23.2 Å². The molecule has 6 nitrogen and oxygen atoms in total. The van der Waals surface area contributed by atoms with Crippen LogP contribution in [0.1, 0.15) is 6.42 Å². The second-order valence-corrected chi connectivity index (χ2v) is 7.41. The Labute approximate surface area is 176 Å². The third-order valence-electron chi connectivity index (χ3n) is 5.13. The summed E-state index contributed by atoms with van der Waals surface area (Å²) in [6, 6.07) is 15.1. The molecule has 150 valence electrons. The second-order valence-electron chi connectivity index (χ2n) is 7.01. The minimum Gasteiger partial charge on any atom is -0.323 e. The zero-order valence-electron chi connectivity index (χ0n) is 15.8. The van der Waals surface area contributed by atoms with Gasteiger partial charge in [-0.1, -0.05) is 35.9 Å². The van der Waals surface area contributed by atoms with Crippen LogP contribution >= 0.6 is 11.6 Å². The zero-order chi connectivity index (χ0) is 20.7. The Morgan fingerprint density at radius 2 is 1.77 bits per heavy atom. The molecule has 30 heavy (non-hydrogen) atoms. The maximum atomic E-state index is 13.5. The molecule has 0 unspecified atom stereocenters. The molecule has 0 saturated carbocycles. The molecule has 0 bridgehead atoms. The van der Waals surface area contributed by atoms with E-state index in [9.17, 15) is 9.18 Å². The summed E-state index contributed by atoms with van der Waals surface area (Å²) in [5.41, 5.74) is 3.06. The third-order valence-corrected chi connectivity index (χ3v) is 5.46. The van der Waals surface area contributed by atoms with Gasteiger partial charge in [-0.2, -0.15) is 0 Å². The fourth-order valence-corrected chi connectivity index (χ4v) is 3.97. The summed E-state index contributed by atoms with van der Waals surface area (Å²) < 4.78 is 17.1. The van der Waals surface area contributed by atoms with Gasteiger partial charge in [0, 0.05) is 19.3 Å². The van der Waals surface area contributed by atoms with E-state index in [1.54, 1.807) is 35.1 Å². The Morgan fingerprint density at radius 3 is 2.57 bits per heavy atom. The summed E-state index contributed by atoms with van der Waals surface area (Å²) in [5.74, 6) is 0.0251. The lowest BCUT2D eigenvalue weighted by Crippen LogP contribution is -2.17. The molecular formula is C22H17ClFN5O. The molecule has 2 aromatic carbocycles. The number of benzene rings is 2. The van der Waals surface area contributed by atoms with E-state index in [1.165, 1.54) is 12.1 Å². The van der Waals surface area contributed by atoms with Crippen molar-refractivity contribution in [3.63, 3.8) is 0 Å². The van der Waals surface area contributed by atoms with Gasteiger partial charge in [0.2, 0.25) is 5.95 Å². The predicted molar refractivity (Wildman–Crippen MR) is 114 cm³/mol. The molecule has 0 amide bonds. The highest BCUT2D eigenvalue weighted by Crippen LogP contribution is 2.32. The Hall–Kier alpha value is -3.45. The molecule has 0 fully saturated rings. The maximum absolute atomic E-state index is 13.5. The molecule has 0 radical (unpaired) electrons. The third kappa shape index (κ3) is 3.17. The number of hydrogen-bond acceptors (Lipinski definition) is 4. The SMILES string of the molecule is O=c1c(-c2ccc(F)cc2)c(-c2ccnc(Nc3ccccc3Cl)n2)n2n1CCC2. The van der Waals surface area contributed by atoms with Gasteiger partial charge in [0.25, 0.3) is 5.56 Å². The van der Waals surface area contributed by atoms with Gasteiger partial charge in [-0.25, -0.2) is 19.0 Å². The van der Waals surface area contributed by atoms with Crippen LogP contribution in [0.15, 0.2) is 65.6 Å². The van der Waals surface area contributed by atoms with E-state index in [2.05, 4.69) is 15.3 Å². The van der Waals surface area contributed by atoms with E-state index in [4.69, 9.17) is 11.6 Å². The van der Waals surface area contributed by atoms with Gasteiger partial charge in [-0.3, -0.25) is 9.48 Å². The number of para-hydroxylation sites is 1. The van der Waals surface area contributed by atoms with Crippen LogP contribution < -0.4 is 10.9 Å². The average Bonchev–Trinajstić information content (AvgIpc) is 3.33. The smallest absolute Gasteiger partial charge is 0.275 e. The van der Waals surface area contributed by atoms with Crippen LogP contribution in [0.2, 0.25) is 5.02 Å². The number of nitrogens with zero attached hydrogens (tertiary/aromatic N) is 4. The van der Waals surface area contributed by atoms with Crippen molar-refractivity contribution in [1.82, 2.24) is 19.3 Å². The van der Waals surface area contributed by atoms with Crippen LogP contribution in [0, 0.1) is 5.82 Å². The molecule has 1 aliphatic rings. The first-order chi connectivity index (χ1) is 14.6. The van der Waals surface area contributed by atoms with Crippen molar-refractivity contribution in [2.45, 2.75) is 19.5 Å². The van der Waals surface area contributed by atoms with Crippen LogP contribution in [0.5, 0.6) is 0 Å². The summed E-state index contributed by atoms with van der Waals surface area (Å²) in [6.07, 6.45) is 2.52. The molecule has 0 spiro atoms. The Bertz CT molecular complexity index is 1300. The Morgan fingerprint density at radius 1 is 1.00 bits per heavy atom. The summed E-state index contributed by atoms with van der Waals surface area (Å²) >= 11 is 6.23. The topological polar surface area (TPSA) is 64.7 Å². The van der Waals surface area contributed by atoms with Crippen molar-refractivity contribution < 1.29 is 4.39 Å². The fraction of sp³-hybridized carbons (Fsp3) is 0.136. The van der Waals surface area contributed by atoms with Crippen LogP contribution in [0.3, 0.4) is 0 Å². The zero-order valence-corrected chi connectivity index (χ0v) is 16.6. The lowest BCUT2D eigenvalue weighted by molar-refractivity contribution is 0.599. The minimum absolute atomic E-state index is 0.103. The number of hydrogen-bond donors (Lipinski definition) is 1. The van der Waals surface area contributed by atoms with Crippen LogP contribution in [-0.2, 0) is 13.1 Å². The molecule has 0 aliphatic carbocycles. The molecule has 8 heteroatoms. The number of rotatable bonds is 4. The normalized spacial score (nSPS) is 12.7. The molecule has 1 N–H and O–H groups in total. The highest BCUT2D eigenvalue weighted by Gasteiger charge is 2.26. The summed E-state index contributed by atoms with van der Waals surface area (Å²) in [6.45, 7) is 1.35. The Balaban J connectivity index is 1.64. The number of nitrogens with one attached hydrogen (secondary N) is 1. The highest BCUT2D eigenvalue weighted by molar-refractivity contribution is 6.33. The van der Waals surface area contributed by atoms with Gasteiger partial charge in [-0.15, -0.1) is 0 Å². The lowest BCUT2D eigenvalue weighted by Gasteiger charge is -2.11. The molecule has 4 aromatic rings. The number of fused-ring (bicyclic) bond motifs is 1. The van der Waals surface area contributed by atoms with Crippen molar-refractivity contribution in [2.75, 3.05) is 5.32 Å². The number of halogens is 2. The van der Waals surface area contributed by atoms with E-state index in [1.807, 2.05) is 22.9 Å². The molecule has 0 saturated heterocycles. The van der Waals surface area contributed by atoms with Crippen LogP contribution in [0.4, 0.5) is 16.0 Å². The number of anilines is 2. The fourth-order valence-electron chi connectivity index (χ4n) is 3.79. The summed E-state index contributed by atoms with van der Waals surface area (Å²) in [7, 11) is 0. The van der Waals surface area contributed by atoms with Crippen molar-refractivity contribution in [1.29, 1.82) is 0 Å². The summed E-state index contributed by atoms with van der Waals surface area (Å²) in [4.78, 5) is 22.1. The van der Waals surface area contributed by atoms with Gasteiger partial charge < -0.3 is 5.32 Å². The van der Waals surface area contributed by atoms with Gasteiger partial charge in [0.1, 0.15) is 5.82 Å². The number of aromatic nitrogens is 4. The molecular weight excluding hydrogens is 405 g/mol. The molecule has 0 atom stereocenters. The first-order valence-corrected chi connectivity index (χ1v) is 9.94. The van der Waals surface area contributed by atoms with Crippen molar-refractivity contribution in [3.8, 4) is 22.5 Å². The predicted octanol–water partition coefficient (Wildman–Crippen LogP) is 4.71. The quantitative estimate of drug-likeness (QED) is 0.518. The van der Waals surface area contributed by atoms with E-state index < -0.39 is 0 Å². The van der Waals surface area contributed by atoms with Crippen molar-refractivity contribution in [2.24, 2.45) is 0 Å².